The van der Waals surface area contributed by atoms with Crippen molar-refractivity contribution < 1.29 is 13.5 Å². The summed E-state index contributed by atoms with van der Waals surface area (Å²) in [4.78, 5) is 8.64. The first-order valence-electron chi connectivity index (χ1n) is 8.52. The summed E-state index contributed by atoms with van der Waals surface area (Å²) in [6, 6.07) is 12.7. The molecular weight excluding hydrogens is 350 g/mol. The Bertz CT molecular complexity index is 927. The topological polar surface area (TPSA) is 59.1 Å². The van der Waals surface area contributed by atoms with Gasteiger partial charge in [-0.15, -0.1) is 0 Å². The predicted molar refractivity (Wildman–Crippen MR) is 102 cm³/mol. The molecule has 0 aliphatic rings. The number of anilines is 4. The second-order valence-corrected chi connectivity index (χ2v) is 6.23. The van der Waals surface area contributed by atoms with Gasteiger partial charge in [-0.3, -0.25) is 0 Å². The monoisotopic (exact) mass is 370 g/mol. The quantitative estimate of drug-likeness (QED) is 0.613. The average Bonchev–Trinajstić information content (AvgIpc) is 2.59. The highest BCUT2D eigenvalue weighted by Crippen LogP contribution is 2.28. The van der Waals surface area contributed by atoms with Crippen LogP contribution in [0.3, 0.4) is 0 Å². The molecule has 1 aromatic heterocycles. The summed E-state index contributed by atoms with van der Waals surface area (Å²) < 4.78 is 33.5. The lowest BCUT2D eigenvalue weighted by Gasteiger charge is -2.15. The SMILES string of the molecule is Cc1cc(Nc2c(F)cccc2F)nc(Nc2ccccc2OC(C)C)n1. The molecule has 0 atom stereocenters. The van der Waals surface area contributed by atoms with Crippen molar-refractivity contribution in [2.75, 3.05) is 10.6 Å². The summed E-state index contributed by atoms with van der Waals surface area (Å²) >= 11 is 0. The van der Waals surface area contributed by atoms with Gasteiger partial charge in [-0.1, -0.05) is 18.2 Å². The lowest BCUT2D eigenvalue weighted by molar-refractivity contribution is 0.244. The van der Waals surface area contributed by atoms with Crippen molar-refractivity contribution in [3.63, 3.8) is 0 Å². The van der Waals surface area contributed by atoms with Gasteiger partial charge in [0.1, 0.15) is 28.9 Å². The molecule has 0 spiro atoms. The molecular formula is C20H20F2N4O. The third-order valence-electron chi connectivity index (χ3n) is 3.57. The van der Waals surface area contributed by atoms with Gasteiger partial charge < -0.3 is 15.4 Å². The van der Waals surface area contributed by atoms with Crippen LogP contribution in [0.2, 0.25) is 0 Å². The Kier molecular flexibility index (Phi) is 5.49. The molecule has 140 valence electrons. The van der Waals surface area contributed by atoms with E-state index in [2.05, 4.69) is 20.6 Å². The van der Waals surface area contributed by atoms with Gasteiger partial charge in [-0.25, -0.2) is 13.8 Å². The standard InChI is InChI=1S/C20H20F2N4O/c1-12(2)27-17-10-5-4-9-16(17)24-20-23-13(3)11-18(26-20)25-19-14(21)7-6-8-15(19)22/h4-12H,1-3H3,(H2,23,24,25,26). The Labute approximate surface area is 156 Å². The van der Waals surface area contributed by atoms with Crippen LogP contribution in [0.25, 0.3) is 0 Å². The molecule has 27 heavy (non-hydrogen) atoms. The van der Waals surface area contributed by atoms with E-state index >= 15 is 0 Å². The number of rotatable bonds is 6. The smallest absolute Gasteiger partial charge is 0.229 e. The van der Waals surface area contributed by atoms with E-state index in [1.807, 2.05) is 38.1 Å². The highest BCUT2D eigenvalue weighted by molar-refractivity contribution is 5.64. The molecule has 0 unspecified atom stereocenters. The van der Waals surface area contributed by atoms with Crippen molar-refractivity contribution in [3.8, 4) is 5.75 Å². The Hall–Kier alpha value is -3.22. The van der Waals surface area contributed by atoms with E-state index < -0.39 is 11.6 Å². The third-order valence-corrected chi connectivity index (χ3v) is 3.57. The first-order chi connectivity index (χ1) is 12.9. The van der Waals surface area contributed by atoms with Gasteiger partial charge in [0, 0.05) is 11.8 Å². The molecule has 3 rings (SSSR count). The number of nitrogens with one attached hydrogen (secondary N) is 2. The Balaban J connectivity index is 1.89. The van der Waals surface area contributed by atoms with Crippen molar-refractivity contribution in [1.29, 1.82) is 0 Å². The van der Waals surface area contributed by atoms with Gasteiger partial charge >= 0.3 is 0 Å². The molecule has 0 aliphatic carbocycles. The summed E-state index contributed by atoms with van der Waals surface area (Å²) in [5.74, 6) is -0.175. The zero-order valence-corrected chi connectivity index (χ0v) is 15.3. The minimum absolute atomic E-state index is 0.00707. The molecule has 7 heteroatoms. The molecule has 2 N–H and O–H groups in total. The molecule has 0 saturated carbocycles. The van der Waals surface area contributed by atoms with E-state index in [1.54, 1.807) is 13.0 Å². The summed E-state index contributed by atoms with van der Waals surface area (Å²) in [5, 5.41) is 5.78. The molecule has 0 bridgehead atoms. The van der Waals surface area contributed by atoms with Crippen LogP contribution in [0.5, 0.6) is 5.75 Å². The van der Waals surface area contributed by atoms with E-state index in [0.717, 1.165) is 0 Å². The molecule has 1 heterocycles. The van der Waals surface area contributed by atoms with Crippen LogP contribution >= 0.6 is 0 Å². The maximum atomic E-state index is 13.9. The van der Waals surface area contributed by atoms with Crippen molar-refractivity contribution in [2.45, 2.75) is 26.9 Å². The molecule has 0 amide bonds. The summed E-state index contributed by atoms with van der Waals surface area (Å²) in [7, 11) is 0. The number of hydrogen-bond donors (Lipinski definition) is 2. The van der Waals surface area contributed by atoms with Crippen LogP contribution in [0.4, 0.5) is 31.9 Å². The van der Waals surface area contributed by atoms with Crippen LogP contribution in [0, 0.1) is 18.6 Å². The summed E-state index contributed by atoms with van der Waals surface area (Å²) in [5.41, 5.74) is 1.07. The minimum atomic E-state index is -0.698. The molecule has 2 aromatic carbocycles. The maximum Gasteiger partial charge on any atom is 0.229 e. The second kappa shape index (κ2) is 7.99. The number of halogens is 2. The van der Waals surface area contributed by atoms with Crippen molar-refractivity contribution in [3.05, 3.63) is 65.9 Å². The first kappa shape index (κ1) is 18.6. The van der Waals surface area contributed by atoms with Gasteiger partial charge in [0.25, 0.3) is 0 Å². The normalized spacial score (nSPS) is 10.7. The van der Waals surface area contributed by atoms with Crippen molar-refractivity contribution in [2.24, 2.45) is 0 Å². The van der Waals surface area contributed by atoms with Crippen LogP contribution in [0.1, 0.15) is 19.5 Å². The van der Waals surface area contributed by atoms with Crippen LogP contribution < -0.4 is 15.4 Å². The number of aromatic nitrogens is 2. The summed E-state index contributed by atoms with van der Waals surface area (Å²) in [6.45, 7) is 5.64. The van der Waals surface area contributed by atoms with Crippen LogP contribution in [-0.2, 0) is 0 Å². The summed E-state index contributed by atoms with van der Waals surface area (Å²) in [6.07, 6.45) is 0.00707. The Morgan fingerprint density at radius 2 is 1.63 bits per heavy atom. The van der Waals surface area contributed by atoms with Gasteiger partial charge in [0.15, 0.2) is 0 Å². The Morgan fingerprint density at radius 3 is 2.33 bits per heavy atom. The highest BCUT2D eigenvalue weighted by Gasteiger charge is 2.12. The number of nitrogens with zero attached hydrogens (tertiary/aromatic N) is 2. The molecule has 0 radical (unpaired) electrons. The maximum absolute atomic E-state index is 13.9. The fraction of sp³-hybridized carbons (Fsp3) is 0.200. The zero-order chi connectivity index (χ0) is 19.4. The fourth-order valence-corrected chi connectivity index (χ4v) is 2.48. The lowest BCUT2D eigenvalue weighted by Crippen LogP contribution is -2.08. The number of aryl methyl sites for hydroxylation is 1. The molecule has 0 fully saturated rings. The van der Waals surface area contributed by atoms with Gasteiger partial charge in [0.2, 0.25) is 5.95 Å². The molecule has 0 saturated heterocycles. The minimum Gasteiger partial charge on any atom is -0.489 e. The first-order valence-corrected chi connectivity index (χ1v) is 8.52. The van der Waals surface area contributed by atoms with Crippen molar-refractivity contribution >= 4 is 23.1 Å². The van der Waals surface area contributed by atoms with Gasteiger partial charge in [-0.05, 0) is 45.0 Å². The second-order valence-electron chi connectivity index (χ2n) is 6.23. The largest absolute Gasteiger partial charge is 0.489 e. The average molecular weight is 370 g/mol. The van der Waals surface area contributed by atoms with Gasteiger partial charge in [-0.2, -0.15) is 4.98 Å². The van der Waals surface area contributed by atoms with E-state index in [0.29, 0.717) is 17.1 Å². The van der Waals surface area contributed by atoms with Crippen LogP contribution in [0.15, 0.2) is 48.5 Å². The van der Waals surface area contributed by atoms with E-state index in [4.69, 9.17) is 4.74 Å². The van der Waals surface area contributed by atoms with Gasteiger partial charge in [0.05, 0.1) is 11.8 Å². The zero-order valence-electron chi connectivity index (χ0n) is 15.3. The Morgan fingerprint density at radius 1 is 0.926 bits per heavy atom. The third kappa shape index (κ3) is 4.69. The van der Waals surface area contributed by atoms with E-state index in [9.17, 15) is 8.78 Å². The van der Waals surface area contributed by atoms with E-state index in [-0.39, 0.29) is 23.6 Å². The molecule has 3 aromatic rings. The molecule has 0 aliphatic heterocycles. The highest BCUT2D eigenvalue weighted by atomic mass is 19.1. The van der Waals surface area contributed by atoms with E-state index in [1.165, 1.54) is 18.2 Å². The number of ether oxygens (including phenoxy) is 1. The number of hydrogen-bond acceptors (Lipinski definition) is 5. The van der Waals surface area contributed by atoms with Crippen LogP contribution in [-0.4, -0.2) is 16.1 Å². The predicted octanol–water partition coefficient (Wildman–Crippen LogP) is 5.34. The van der Waals surface area contributed by atoms with Crippen molar-refractivity contribution in [1.82, 2.24) is 9.97 Å². The number of benzene rings is 2. The fourth-order valence-electron chi connectivity index (χ4n) is 2.48. The number of para-hydroxylation sites is 3. The molecule has 5 nitrogen and oxygen atoms in total. The lowest BCUT2D eigenvalue weighted by atomic mass is 10.3.